The number of ketones is 1. The monoisotopic (exact) mass is 238 g/mol. The van der Waals surface area contributed by atoms with Crippen LogP contribution in [0.25, 0.3) is 0 Å². The molecule has 1 aliphatic carbocycles. The fraction of sp³-hybridized carbons (Fsp3) is 0.267. The highest BCUT2D eigenvalue weighted by Gasteiger charge is 2.44. The van der Waals surface area contributed by atoms with Gasteiger partial charge >= 0.3 is 0 Å². The van der Waals surface area contributed by atoms with Gasteiger partial charge in [0.25, 0.3) is 0 Å². The summed E-state index contributed by atoms with van der Waals surface area (Å²) in [5.74, 6) is 1.27. The number of carbonyl (C=O) groups excluding carboxylic acids is 1. The predicted octanol–water partition coefficient (Wildman–Crippen LogP) is 2.77. The highest BCUT2D eigenvalue weighted by molar-refractivity contribution is 5.98. The summed E-state index contributed by atoms with van der Waals surface area (Å²) in [5, 5.41) is 0. The van der Waals surface area contributed by atoms with Crippen molar-refractivity contribution in [3.8, 4) is 0 Å². The average Bonchev–Trinajstić information content (AvgIpc) is 3.19. The minimum absolute atomic E-state index is 0.0988. The number of aromatic nitrogens is 2. The van der Waals surface area contributed by atoms with Crippen LogP contribution in [0.15, 0.2) is 42.6 Å². The third-order valence-corrected chi connectivity index (χ3v) is 3.38. The molecule has 2 aromatic rings. The van der Waals surface area contributed by atoms with Gasteiger partial charge in [-0.05, 0) is 30.9 Å². The van der Waals surface area contributed by atoms with E-state index >= 15 is 0 Å². The van der Waals surface area contributed by atoms with Crippen LogP contribution in [0.3, 0.4) is 0 Å². The first-order valence-electron chi connectivity index (χ1n) is 6.14. The van der Waals surface area contributed by atoms with Crippen molar-refractivity contribution >= 4 is 5.78 Å². The maximum absolute atomic E-state index is 12.3. The SMILES string of the molecule is Cc1nccc(C(=O)C2CC2c2ccccc2)n1. The van der Waals surface area contributed by atoms with Crippen molar-refractivity contribution in [2.75, 3.05) is 0 Å². The van der Waals surface area contributed by atoms with E-state index in [0.29, 0.717) is 17.4 Å². The molecule has 0 radical (unpaired) electrons. The van der Waals surface area contributed by atoms with E-state index in [1.807, 2.05) is 18.2 Å². The summed E-state index contributed by atoms with van der Waals surface area (Å²) in [6, 6.07) is 11.9. The topological polar surface area (TPSA) is 42.9 Å². The summed E-state index contributed by atoms with van der Waals surface area (Å²) in [5.41, 5.74) is 1.80. The second kappa shape index (κ2) is 4.33. The fourth-order valence-electron chi connectivity index (χ4n) is 2.34. The van der Waals surface area contributed by atoms with Crippen molar-refractivity contribution in [3.63, 3.8) is 0 Å². The number of hydrogen-bond acceptors (Lipinski definition) is 3. The van der Waals surface area contributed by atoms with Crippen molar-refractivity contribution < 1.29 is 4.79 Å². The van der Waals surface area contributed by atoms with E-state index in [1.54, 1.807) is 19.2 Å². The Morgan fingerprint density at radius 3 is 2.72 bits per heavy atom. The minimum Gasteiger partial charge on any atom is -0.292 e. The molecule has 1 heterocycles. The van der Waals surface area contributed by atoms with Gasteiger partial charge in [-0.3, -0.25) is 4.79 Å². The number of aryl methyl sites for hydroxylation is 1. The van der Waals surface area contributed by atoms with Crippen LogP contribution in [0, 0.1) is 12.8 Å². The molecule has 3 heteroatoms. The molecule has 1 aromatic heterocycles. The van der Waals surface area contributed by atoms with Gasteiger partial charge in [-0.15, -0.1) is 0 Å². The Labute approximate surface area is 106 Å². The molecule has 1 fully saturated rings. The lowest BCUT2D eigenvalue weighted by Crippen LogP contribution is -2.07. The van der Waals surface area contributed by atoms with Crippen molar-refractivity contribution in [1.29, 1.82) is 0 Å². The zero-order valence-corrected chi connectivity index (χ0v) is 10.2. The van der Waals surface area contributed by atoms with Gasteiger partial charge < -0.3 is 0 Å². The van der Waals surface area contributed by atoms with Crippen LogP contribution in [0.5, 0.6) is 0 Å². The lowest BCUT2D eigenvalue weighted by Gasteiger charge is -2.01. The first-order valence-corrected chi connectivity index (χ1v) is 6.14. The molecule has 0 bridgehead atoms. The molecule has 0 spiro atoms. The van der Waals surface area contributed by atoms with Gasteiger partial charge in [0.1, 0.15) is 11.5 Å². The van der Waals surface area contributed by atoms with Crippen molar-refractivity contribution in [2.45, 2.75) is 19.3 Å². The zero-order valence-electron chi connectivity index (χ0n) is 10.2. The van der Waals surface area contributed by atoms with E-state index in [-0.39, 0.29) is 11.7 Å². The standard InChI is InChI=1S/C15H14N2O/c1-10-16-8-7-14(17-10)15(18)13-9-12(13)11-5-3-2-4-6-11/h2-8,12-13H,9H2,1H3. The van der Waals surface area contributed by atoms with Crippen LogP contribution >= 0.6 is 0 Å². The summed E-state index contributed by atoms with van der Waals surface area (Å²) in [6.45, 7) is 1.80. The molecule has 0 amide bonds. The van der Waals surface area contributed by atoms with E-state index < -0.39 is 0 Å². The summed E-state index contributed by atoms with van der Waals surface area (Å²) in [7, 11) is 0. The van der Waals surface area contributed by atoms with Crippen LogP contribution in [0.1, 0.15) is 34.2 Å². The lowest BCUT2D eigenvalue weighted by atomic mass is 10.1. The summed E-state index contributed by atoms with van der Waals surface area (Å²) < 4.78 is 0. The van der Waals surface area contributed by atoms with Crippen molar-refractivity contribution in [3.05, 3.63) is 59.7 Å². The Bertz CT molecular complexity index is 580. The molecule has 2 atom stereocenters. The second-order valence-corrected chi connectivity index (χ2v) is 4.71. The maximum atomic E-state index is 12.3. The van der Waals surface area contributed by atoms with E-state index in [2.05, 4.69) is 22.1 Å². The molecular weight excluding hydrogens is 224 g/mol. The molecule has 3 nitrogen and oxygen atoms in total. The molecule has 2 unspecified atom stereocenters. The maximum Gasteiger partial charge on any atom is 0.185 e. The van der Waals surface area contributed by atoms with Gasteiger partial charge in [-0.2, -0.15) is 0 Å². The number of rotatable bonds is 3. The largest absolute Gasteiger partial charge is 0.292 e. The average molecular weight is 238 g/mol. The van der Waals surface area contributed by atoms with Gasteiger partial charge in [0.05, 0.1) is 0 Å². The number of Topliss-reactive ketones (excluding diaryl/α,β-unsaturated/α-hetero) is 1. The first-order chi connectivity index (χ1) is 8.75. The van der Waals surface area contributed by atoms with Crippen LogP contribution < -0.4 is 0 Å². The highest BCUT2D eigenvalue weighted by atomic mass is 16.1. The Morgan fingerprint density at radius 2 is 2.00 bits per heavy atom. The normalized spacial score (nSPS) is 21.6. The van der Waals surface area contributed by atoms with Crippen LogP contribution in [0.2, 0.25) is 0 Å². The lowest BCUT2D eigenvalue weighted by molar-refractivity contribution is 0.0960. The van der Waals surface area contributed by atoms with Crippen molar-refractivity contribution in [1.82, 2.24) is 9.97 Å². The Kier molecular flexibility index (Phi) is 2.67. The number of carbonyl (C=O) groups is 1. The molecule has 1 saturated carbocycles. The summed E-state index contributed by atoms with van der Waals surface area (Å²) in [4.78, 5) is 20.5. The zero-order chi connectivity index (χ0) is 12.5. The molecular formula is C15H14N2O. The van der Waals surface area contributed by atoms with Crippen molar-refractivity contribution in [2.24, 2.45) is 5.92 Å². The third-order valence-electron chi connectivity index (χ3n) is 3.38. The fourth-order valence-corrected chi connectivity index (χ4v) is 2.34. The van der Waals surface area contributed by atoms with E-state index in [1.165, 1.54) is 5.56 Å². The van der Waals surface area contributed by atoms with E-state index in [0.717, 1.165) is 6.42 Å². The molecule has 3 rings (SSSR count). The van der Waals surface area contributed by atoms with Gasteiger partial charge in [0.2, 0.25) is 0 Å². The van der Waals surface area contributed by atoms with Gasteiger partial charge in [-0.25, -0.2) is 9.97 Å². The highest BCUT2D eigenvalue weighted by Crippen LogP contribution is 2.48. The van der Waals surface area contributed by atoms with Crippen LogP contribution in [-0.2, 0) is 0 Å². The molecule has 0 saturated heterocycles. The quantitative estimate of drug-likeness (QED) is 0.772. The third kappa shape index (κ3) is 2.04. The Hall–Kier alpha value is -2.03. The van der Waals surface area contributed by atoms with Crippen LogP contribution in [-0.4, -0.2) is 15.8 Å². The molecule has 18 heavy (non-hydrogen) atoms. The molecule has 0 N–H and O–H groups in total. The van der Waals surface area contributed by atoms with Gasteiger partial charge in [0.15, 0.2) is 5.78 Å². The van der Waals surface area contributed by atoms with Crippen LogP contribution in [0.4, 0.5) is 0 Å². The number of nitrogens with zero attached hydrogens (tertiary/aromatic N) is 2. The van der Waals surface area contributed by atoms with E-state index in [4.69, 9.17) is 0 Å². The second-order valence-electron chi connectivity index (χ2n) is 4.71. The van der Waals surface area contributed by atoms with E-state index in [9.17, 15) is 4.79 Å². The minimum atomic E-state index is 0.0988. The Morgan fingerprint density at radius 1 is 1.22 bits per heavy atom. The molecule has 1 aromatic carbocycles. The number of benzene rings is 1. The number of hydrogen-bond donors (Lipinski definition) is 0. The summed E-state index contributed by atoms with van der Waals surface area (Å²) in [6.07, 6.45) is 2.58. The molecule has 90 valence electrons. The van der Waals surface area contributed by atoms with Gasteiger partial charge in [-0.1, -0.05) is 30.3 Å². The molecule has 1 aliphatic rings. The Balaban J connectivity index is 1.77. The molecule has 0 aliphatic heterocycles. The summed E-state index contributed by atoms with van der Waals surface area (Å²) >= 11 is 0. The predicted molar refractivity (Wildman–Crippen MR) is 68.4 cm³/mol. The smallest absolute Gasteiger partial charge is 0.185 e. The van der Waals surface area contributed by atoms with Gasteiger partial charge in [0, 0.05) is 12.1 Å². The first kappa shape index (κ1) is 11.1.